The van der Waals surface area contributed by atoms with E-state index in [2.05, 4.69) is 27.9 Å². The van der Waals surface area contributed by atoms with E-state index >= 15 is 0 Å². The number of amides is 2. The minimum Gasteiger partial charge on any atom is -0.352 e. The highest BCUT2D eigenvalue weighted by atomic mass is 127. The number of hydrogen-bond donors (Lipinski definition) is 1. The summed E-state index contributed by atoms with van der Waals surface area (Å²) in [6.07, 6.45) is 0. The van der Waals surface area contributed by atoms with Gasteiger partial charge in [-0.1, -0.05) is 47.5 Å². The van der Waals surface area contributed by atoms with Crippen LogP contribution >= 0.6 is 45.8 Å². The molecule has 0 aromatic heterocycles. The molecule has 0 saturated heterocycles. The Labute approximate surface area is 247 Å². The Kier molecular flexibility index (Phi) is 10.4. The third-order valence-corrected chi connectivity index (χ3v) is 8.91. The summed E-state index contributed by atoms with van der Waals surface area (Å²) >= 11 is 14.4. The van der Waals surface area contributed by atoms with Crippen LogP contribution in [0.5, 0.6) is 0 Å². The maximum atomic E-state index is 13.8. The zero-order chi connectivity index (χ0) is 28.0. The standard InChI is InChI=1S/C27H28Cl2IN3O4S/c1-18(2)31-27(35)19(3)32(16-20-9-14-24(28)25(29)15-20)26(34)17-33(22-12-10-21(30)11-13-22)38(36,37)23-7-5-4-6-8-23/h4-15,18-19H,16-17H2,1-3H3,(H,31,35)/t19-/m1/s1. The van der Waals surface area contributed by atoms with Gasteiger partial charge in [0.15, 0.2) is 0 Å². The van der Waals surface area contributed by atoms with Gasteiger partial charge in [-0.05, 0) is 97.5 Å². The number of anilines is 1. The molecule has 0 aliphatic rings. The highest BCUT2D eigenvalue weighted by Gasteiger charge is 2.32. The summed E-state index contributed by atoms with van der Waals surface area (Å²) in [5.74, 6) is -0.916. The Balaban J connectivity index is 2.02. The molecule has 1 N–H and O–H groups in total. The Morgan fingerprint density at radius 3 is 2.13 bits per heavy atom. The molecule has 3 aromatic rings. The van der Waals surface area contributed by atoms with Crippen LogP contribution in [0.25, 0.3) is 0 Å². The summed E-state index contributed by atoms with van der Waals surface area (Å²) in [5.41, 5.74) is 0.972. The van der Waals surface area contributed by atoms with Crippen molar-refractivity contribution in [2.45, 2.75) is 44.3 Å². The lowest BCUT2D eigenvalue weighted by molar-refractivity contribution is -0.139. The fraction of sp³-hybridized carbons (Fsp3) is 0.259. The third-order valence-electron chi connectivity index (χ3n) is 5.66. The number of carbonyl (C=O) groups is 2. The van der Waals surface area contributed by atoms with E-state index < -0.39 is 28.5 Å². The van der Waals surface area contributed by atoms with Crippen molar-refractivity contribution >= 4 is 73.3 Å². The van der Waals surface area contributed by atoms with Gasteiger partial charge in [0, 0.05) is 16.2 Å². The molecule has 2 amide bonds. The molecule has 3 aromatic carbocycles. The van der Waals surface area contributed by atoms with E-state index in [0.29, 0.717) is 21.3 Å². The maximum Gasteiger partial charge on any atom is 0.264 e. The van der Waals surface area contributed by atoms with Gasteiger partial charge in [0.2, 0.25) is 11.8 Å². The summed E-state index contributed by atoms with van der Waals surface area (Å²) in [6.45, 7) is 4.75. The van der Waals surface area contributed by atoms with Crippen molar-refractivity contribution in [2.24, 2.45) is 0 Å². The molecule has 3 rings (SSSR count). The fourth-order valence-electron chi connectivity index (χ4n) is 3.68. The van der Waals surface area contributed by atoms with Crippen molar-refractivity contribution in [1.82, 2.24) is 10.2 Å². The van der Waals surface area contributed by atoms with Gasteiger partial charge in [-0.2, -0.15) is 0 Å². The predicted octanol–water partition coefficient (Wildman–Crippen LogP) is 5.74. The number of halogens is 3. The summed E-state index contributed by atoms with van der Waals surface area (Å²) in [6, 6.07) is 18.6. The highest BCUT2D eigenvalue weighted by Crippen LogP contribution is 2.26. The predicted molar refractivity (Wildman–Crippen MR) is 160 cm³/mol. The number of nitrogens with one attached hydrogen (secondary N) is 1. The molecule has 0 heterocycles. The summed E-state index contributed by atoms with van der Waals surface area (Å²) in [4.78, 5) is 28.2. The van der Waals surface area contributed by atoms with Crippen LogP contribution in [-0.4, -0.2) is 43.8 Å². The normalized spacial score (nSPS) is 12.2. The molecular formula is C27H28Cl2IN3O4S. The molecule has 0 aliphatic carbocycles. The first kappa shape index (κ1) is 30.2. The topological polar surface area (TPSA) is 86.8 Å². The van der Waals surface area contributed by atoms with Crippen LogP contribution in [0.4, 0.5) is 5.69 Å². The molecule has 7 nitrogen and oxygen atoms in total. The Morgan fingerprint density at radius 1 is 0.921 bits per heavy atom. The SMILES string of the molecule is CC(C)NC(=O)[C@@H](C)N(Cc1ccc(Cl)c(Cl)c1)C(=O)CN(c1ccc(I)cc1)S(=O)(=O)c1ccccc1. The van der Waals surface area contributed by atoms with Crippen LogP contribution in [0.2, 0.25) is 10.0 Å². The second kappa shape index (κ2) is 13.1. The molecule has 0 spiro atoms. The molecule has 0 bridgehead atoms. The zero-order valence-electron chi connectivity index (χ0n) is 21.1. The molecule has 0 radical (unpaired) electrons. The van der Waals surface area contributed by atoms with E-state index in [0.717, 1.165) is 7.88 Å². The van der Waals surface area contributed by atoms with Crippen LogP contribution in [0, 0.1) is 3.57 Å². The molecule has 1 atom stereocenters. The van der Waals surface area contributed by atoms with Crippen LogP contribution in [-0.2, 0) is 26.2 Å². The average Bonchev–Trinajstić information content (AvgIpc) is 2.88. The zero-order valence-corrected chi connectivity index (χ0v) is 25.6. The van der Waals surface area contributed by atoms with Crippen molar-refractivity contribution in [3.63, 3.8) is 0 Å². The van der Waals surface area contributed by atoms with Crippen molar-refractivity contribution in [3.05, 3.63) is 92.0 Å². The second-order valence-electron chi connectivity index (χ2n) is 8.91. The number of hydrogen-bond acceptors (Lipinski definition) is 4. The highest BCUT2D eigenvalue weighted by molar-refractivity contribution is 14.1. The van der Waals surface area contributed by atoms with E-state index in [-0.39, 0.29) is 23.4 Å². The van der Waals surface area contributed by atoms with Crippen molar-refractivity contribution in [2.75, 3.05) is 10.8 Å². The lowest BCUT2D eigenvalue weighted by Gasteiger charge is -2.32. The van der Waals surface area contributed by atoms with Gasteiger partial charge in [0.05, 0.1) is 20.6 Å². The van der Waals surface area contributed by atoms with E-state index in [1.807, 2.05) is 13.8 Å². The molecule has 38 heavy (non-hydrogen) atoms. The first-order chi connectivity index (χ1) is 17.9. The Hall–Kier alpha value is -2.34. The molecule has 202 valence electrons. The smallest absolute Gasteiger partial charge is 0.264 e. The fourth-order valence-corrected chi connectivity index (χ4v) is 5.79. The van der Waals surface area contributed by atoms with Gasteiger partial charge < -0.3 is 10.2 Å². The molecule has 0 saturated carbocycles. The largest absolute Gasteiger partial charge is 0.352 e. The number of sulfonamides is 1. The van der Waals surface area contributed by atoms with Gasteiger partial charge in [0.1, 0.15) is 12.6 Å². The summed E-state index contributed by atoms with van der Waals surface area (Å²) in [5, 5.41) is 3.49. The third kappa shape index (κ3) is 7.62. The van der Waals surface area contributed by atoms with Gasteiger partial charge >= 0.3 is 0 Å². The lowest BCUT2D eigenvalue weighted by Crippen LogP contribution is -2.52. The van der Waals surface area contributed by atoms with Gasteiger partial charge in [0.25, 0.3) is 10.0 Å². The molecule has 11 heteroatoms. The van der Waals surface area contributed by atoms with Crippen LogP contribution in [0.15, 0.2) is 77.7 Å². The van der Waals surface area contributed by atoms with Gasteiger partial charge in [-0.15, -0.1) is 0 Å². The van der Waals surface area contributed by atoms with E-state index in [1.165, 1.54) is 17.0 Å². The average molecular weight is 688 g/mol. The van der Waals surface area contributed by atoms with E-state index in [9.17, 15) is 18.0 Å². The molecule has 0 unspecified atom stereocenters. The van der Waals surface area contributed by atoms with Crippen molar-refractivity contribution < 1.29 is 18.0 Å². The lowest BCUT2D eigenvalue weighted by atomic mass is 10.1. The summed E-state index contributed by atoms with van der Waals surface area (Å²) in [7, 11) is -4.10. The van der Waals surface area contributed by atoms with E-state index in [1.54, 1.807) is 67.6 Å². The first-order valence-electron chi connectivity index (χ1n) is 11.8. The number of benzene rings is 3. The van der Waals surface area contributed by atoms with Gasteiger partial charge in [-0.3, -0.25) is 13.9 Å². The quantitative estimate of drug-likeness (QED) is 0.276. The van der Waals surface area contributed by atoms with Crippen LogP contribution < -0.4 is 9.62 Å². The second-order valence-corrected chi connectivity index (χ2v) is 12.8. The number of nitrogens with zero attached hydrogens (tertiary/aromatic N) is 2. The van der Waals surface area contributed by atoms with Crippen molar-refractivity contribution in [1.29, 1.82) is 0 Å². The minimum atomic E-state index is -4.10. The van der Waals surface area contributed by atoms with Crippen LogP contribution in [0.3, 0.4) is 0 Å². The Morgan fingerprint density at radius 2 is 1.55 bits per heavy atom. The first-order valence-corrected chi connectivity index (χ1v) is 15.0. The van der Waals surface area contributed by atoms with Gasteiger partial charge in [-0.25, -0.2) is 8.42 Å². The molecule has 0 aliphatic heterocycles. The maximum absolute atomic E-state index is 13.8. The van der Waals surface area contributed by atoms with E-state index in [4.69, 9.17) is 23.2 Å². The van der Waals surface area contributed by atoms with Crippen LogP contribution in [0.1, 0.15) is 26.3 Å². The molecular weight excluding hydrogens is 660 g/mol. The number of carbonyl (C=O) groups excluding carboxylic acids is 2. The monoisotopic (exact) mass is 687 g/mol. The Bertz CT molecular complexity index is 1390. The minimum absolute atomic E-state index is 0.0221. The number of rotatable bonds is 10. The summed E-state index contributed by atoms with van der Waals surface area (Å²) < 4.78 is 29.4. The molecule has 0 fully saturated rings. The van der Waals surface area contributed by atoms with Crippen molar-refractivity contribution in [3.8, 4) is 0 Å².